The average Bonchev–Trinajstić information content (AvgIpc) is 2.76. The van der Waals surface area contributed by atoms with Crippen LogP contribution in [0.3, 0.4) is 0 Å². The Morgan fingerprint density at radius 2 is 1.81 bits per heavy atom. The predicted molar refractivity (Wildman–Crippen MR) is 129 cm³/mol. The summed E-state index contributed by atoms with van der Waals surface area (Å²) in [5.74, 6) is -0.227. The first kappa shape index (κ1) is 24.3. The molecule has 0 radical (unpaired) electrons. The number of carbonyl (C=O) groups excluding carboxylic acids is 1. The normalized spacial score (nSPS) is 17.9. The maximum Gasteiger partial charge on any atom is 0.410 e. The standard InChI is InChI=1S/C25H35FN2O3Si/c1-19-16-27(14-15-28(19)24(29)30-17-20-10-7-6-8-11-20)22-13-9-12-21(23(22)26)18-31-32(5)25(2,3)4/h6-13,19,32H,14-18H2,1-5H3/t19-,32?/m0/s1. The second-order valence-corrected chi connectivity index (χ2v) is 12.9. The highest BCUT2D eigenvalue weighted by Gasteiger charge is 2.30. The molecule has 7 heteroatoms. The highest BCUT2D eigenvalue weighted by Crippen LogP contribution is 2.30. The minimum absolute atomic E-state index is 0.0837. The van der Waals surface area contributed by atoms with Gasteiger partial charge in [-0.1, -0.05) is 63.2 Å². The SMILES string of the molecule is C[C@H]1CN(c2cccc(CO[SiH](C)C(C)(C)C)c2F)CCN1C(=O)OCc1ccccc1. The van der Waals surface area contributed by atoms with Crippen LogP contribution in [0.25, 0.3) is 0 Å². The fourth-order valence-corrected chi connectivity index (χ4v) is 4.57. The average molecular weight is 459 g/mol. The number of hydrogen-bond donors (Lipinski definition) is 0. The molecule has 0 N–H and O–H groups in total. The van der Waals surface area contributed by atoms with Gasteiger partial charge in [0.1, 0.15) is 6.61 Å². The second kappa shape index (κ2) is 10.5. The van der Waals surface area contributed by atoms with Crippen LogP contribution in [0.1, 0.15) is 38.8 Å². The Hall–Kier alpha value is -2.38. The van der Waals surface area contributed by atoms with Crippen LogP contribution in [-0.2, 0) is 22.4 Å². The van der Waals surface area contributed by atoms with Gasteiger partial charge in [-0.2, -0.15) is 0 Å². The molecule has 32 heavy (non-hydrogen) atoms. The third-order valence-corrected chi connectivity index (χ3v) is 9.28. The van der Waals surface area contributed by atoms with Gasteiger partial charge in [0, 0.05) is 31.2 Å². The number of anilines is 1. The van der Waals surface area contributed by atoms with Gasteiger partial charge in [0.05, 0.1) is 12.3 Å². The Balaban J connectivity index is 1.59. The van der Waals surface area contributed by atoms with E-state index >= 15 is 4.39 Å². The van der Waals surface area contributed by atoms with E-state index in [0.717, 1.165) is 5.56 Å². The highest BCUT2D eigenvalue weighted by atomic mass is 28.3. The zero-order chi connectivity index (χ0) is 23.3. The Labute approximate surface area is 192 Å². The number of halogens is 1. The first-order valence-electron chi connectivity index (χ1n) is 11.3. The zero-order valence-electron chi connectivity index (χ0n) is 19.8. The maximum atomic E-state index is 15.3. The predicted octanol–water partition coefficient (Wildman–Crippen LogP) is 5.34. The van der Waals surface area contributed by atoms with E-state index in [1.54, 1.807) is 17.0 Å². The van der Waals surface area contributed by atoms with Gasteiger partial charge in [-0.25, -0.2) is 9.18 Å². The van der Waals surface area contributed by atoms with Gasteiger partial charge >= 0.3 is 6.09 Å². The van der Waals surface area contributed by atoms with E-state index in [0.29, 0.717) is 37.5 Å². The topological polar surface area (TPSA) is 42.0 Å². The Morgan fingerprint density at radius 3 is 2.47 bits per heavy atom. The molecule has 1 heterocycles. The van der Waals surface area contributed by atoms with E-state index in [-0.39, 0.29) is 29.6 Å². The summed E-state index contributed by atoms with van der Waals surface area (Å²) >= 11 is 0. The Bertz CT molecular complexity index is 904. The zero-order valence-corrected chi connectivity index (χ0v) is 21.0. The first-order valence-corrected chi connectivity index (χ1v) is 13.5. The van der Waals surface area contributed by atoms with Crippen molar-refractivity contribution < 1.29 is 18.3 Å². The summed E-state index contributed by atoms with van der Waals surface area (Å²) in [6, 6.07) is 15.0. The number of hydrogen-bond acceptors (Lipinski definition) is 4. The molecule has 0 bridgehead atoms. The monoisotopic (exact) mass is 458 g/mol. The van der Waals surface area contributed by atoms with E-state index in [1.807, 2.05) is 48.2 Å². The van der Waals surface area contributed by atoms with E-state index < -0.39 is 9.04 Å². The minimum Gasteiger partial charge on any atom is -0.445 e. The fourth-order valence-electron chi connectivity index (χ4n) is 3.64. The van der Waals surface area contributed by atoms with Gasteiger partial charge in [-0.05, 0) is 30.1 Å². The molecule has 5 nitrogen and oxygen atoms in total. The third kappa shape index (κ3) is 6.10. The first-order chi connectivity index (χ1) is 15.2. The lowest BCUT2D eigenvalue weighted by Crippen LogP contribution is -2.54. The van der Waals surface area contributed by atoms with Gasteiger partial charge in [0.15, 0.2) is 14.9 Å². The molecule has 2 aromatic rings. The molecule has 3 rings (SSSR count). The lowest BCUT2D eigenvalue weighted by Gasteiger charge is -2.40. The lowest BCUT2D eigenvalue weighted by atomic mass is 10.1. The number of ether oxygens (including phenoxy) is 1. The second-order valence-electron chi connectivity index (χ2n) is 9.60. The van der Waals surface area contributed by atoms with Gasteiger partial charge in [0.25, 0.3) is 0 Å². The summed E-state index contributed by atoms with van der Waals surface area (Å²) in [6.07, 6.45) is -0.329. The van der Waals surface area contributed by atoms with Gasteiger partial charge in [-0.15, -0.1) is 0 Å². The van der Waals surface area contributed by atoms with Crippen LogP contribution in [-0.4, -0.2) is 45.7 Å². The molecular weight excluding hydrogens is 423 g/mol. The van der Waals surface area contributed by atoms with Crippen LogP contribution >= 0.6 is 0 Å². The summed E-state index contributed by atoms with van der Waals surface area (Å²) in [7, 11) is -1.43. The van der Waals surface area contributed by atoms with Gasteiger partial charge in [0.2, 0.25) is 0 Å². The number of nitrogens with zero attached hydrogens (tertiary/aromatic N) is 2. The number of carbonyl (C=O) groups is 1. The maximum absolute atomic E-state index is 15.3. The van der Waals surface area contributed by atoms with Crippen molar-refractivity contribution in [2.45, 2.75) is 58.5 Å². The van der Waals surface area contributed by atoms with E-state index in [9.17, 15) is 4.79 Å². The summed E-state index contributed by atoms with van der Waals surface area (Å²) in [5.41, 5.74) is 2.11. The van der Waals surface area contributed by atoms with Crippen molar-refractivity contribution >= 4 is 20.8 Å². The molecule has 0 spiro atoms. The smallest absolute Gasteiger partial charge is 0.410 e. The van der Waals surface area contributed by atoms with Crippen LogP contribution in [0.5, 0.6) is 0 Å². The Morgan fingerprint density at radius 1 is 1.09 bits per heavy atom. The largest absolute Gasteiger partial charge is 0.445 e. The highest BCUT2D eigenvalue weighted by molar-refractivity contribution is 6.53. The number of benzene rings is 2. The van der Waals surface area contributed by atoms with Crippen molar-refractivity contribution in [3.63, 3.8) is 0 Å². The third-order valence-electron chi connectivity index (χ3n) is 6.17. The number of piperazine rings is 1. The Kier molecular flexibility index (Phi) is 7.95. The molecule has 1 amide bonds. The molecule has 1 aliphatic heterocycles. The lowest BCUT2D eigenvalue weighted by molar-refractivity contribution is 0.0794. The van der Waals surface area contributed by atoms with Crippen molar-refractivity contribution in [1.29, 1.82) is 0 Å². The molecule has 1 saturated heterocycles. The van der Waals surface area contributed by atoms with Crippen LogP contribution in [0, 0.1) is 5.82 Å². The molecule has 2 aromatic carbocycles. The molecule has 1 unspecified atom stereocenters. The van der Waals surface area contributed by atoms with Crippen molar-refractivity contribution in [3.8, 4) is 0 Å². The molecular formula is C25H35FN2O3Si. The van der Waals surface area contributed by atoms with Crippen LogP contribution < -0.4 is 4.90 Å². The van der Waals surface area contributed by atoms with E-state index in [1.165, 1.54) is 0 Å². The molecule has 174 valence electrons. The molecule has 0 aliphatic carbocycles. The van der Waals surface area contributed by atoms with Crippen LogP contribution in [0.4, 0.5) is 14.9 Å². The van der Waals surface area contributed by atoms with E-state index in [2.05, 4.69) is 27.3 Å². The van der Waals surface area contributed by atoms with Crippen molar-refractivity contribution in [1.82, 2.24) is 4.90 Å². The number of rotatable bonds is 6. The molecule has 1 fully saturated rings. The van der Waals surface area contributed by atoms with Crippen molar-refractivity contribution in [2.75, 3.05) is 24.5 Å². The van der Waals surface area contributed by atoms with Crippen LogP contribution in [0.2, 0.25) is 11.6 Å². The summed E-state index contributed by atoms with van der Waals surface area (Å²) < 4.78 is 26.8. The van der Waals surface area contributed by atoms with Crippen LogP contribution in [0.15, 0.2) is 48.5 Å². The molecule has 2 atom stereocenters. The fraction of sp³-hybridized carbons (Fsp3) is 0.480. The van der Waals surface area contributed by atoms with Crippen molar-refractivity contribution in [3.05, 3.63) is 65.5 Å². The van der Waals surface area contributed by atoms with Gasteiger partial charge in [-0.3, -0.25) is 0 Å². The molecule has 0 saturated carbocycles. The summed E-state index contributed by atoms with van der Waals surface area (Å²) in [6.45, 7) is 12.8. The molecule has 1 aliphatic rings. The van der Waals surface area contributed by atoms with E-state index in [4.69, 9.17) is 9.16 Å². The quantitative estimate of drug-likeness (QED) is 0.548. The summed E-state index contributed by atoms with van der Waals surface area (Å²) in [4.78, 5) is 16.3. The molecule has 0 aromatic heterocycles. The van der Waals surface area contributed by atoms with Gasteiger partial charge < -0.3 is 19.0 Å². The minimum atomic E-state index is -1.43. The number of amides is 1. The summed E-state index contributed by atoms with van der Waals surface area (Å²) in [5, 5.41) is 0.134. The van der Waals surface area contributed by atoms with Crippen molar-refractivity contribution in [2.24, 2.45) is 0 Å².